The van der Waals surface area contributed by atoms with Crippen molar-refractivity contribution in [2.75, 3.05) is 19.6 Å². The van der Waals surface area contributed by atoms with E-state index in [1.54, 1.807) is 0 Å². The Morgan fingerprint density at radius 1 is 1.31 bits per heavy atom. The summed E-state index contributed by atoms with van der Waals surface area (Å²) in [6.45, 7) is 13.0. The lowest BCUT2D eigenvalue weighted by Gasteiger charge is -2.26. The summed E-state index contributed by atoms with van der Waals surface area (Å²) in [6.07, 6.45) is 5.41. The molecule has 16 heavy (non-hydrogen) atoms. The lowest BCUT2D eigenvalue weighted by atomic mass is 10.1. The molecule has 2 atom stereocenters. The van der Waals surface area contributed by atoms with Crippen LogP contribution in [0.1, 0.15) is 53.4 Å². The van der Waals surface area contributed by atoms with Crippen LogP contribution < -0.4 is 5.32 Å². The molecular formula is C14H30N2. The number of nitrogens with zero attached hydrogens (tertiary/aromatic N) is 1. The molecule has 0 bridgehead atoms. The molecule has 1 heterocycles. The van der Waals surface area contributed by atoms with Gasteiger partial charge >= 0.3 is 0 Å². The van der Waals surface area contributed by atoms with E-state index in [1.807, 2.05) is 0 Å². The van der Waals surface area contributed by atoms with Crippen molar-refractivity contribution < 1.29 is 0 Å². The third kappa shape index (κ3) is 4.42. The van der Waals surface area contributed by atoms with Gasteiger partial charge in [-0.3, -0.25) is 0 Å². The maximum atomic E-state index is 3.57. The lowest BCUT2D eigenvalue weighted by molar-refractivity contribution is 0.214. The van der Waals surface area contributed by atoms with Crippen molar-refractivity contribution in [2.24, 2.45) is 5.92 Å². The van der Waals surface area contributed by atoms with Gasteiger partial charge in [0.05, 0.1) is 0 Å². The minimum Gasteiger partial charge on any atom is -0.314 e. The molecule has 0 aromatic heterocycles. The second-order valence-corrected chi connectivity index (χ2v) is 5.56. The van der Waals surface area contributed by atoms with E-state index in [4.69, 9.17) is 0 Å². The molecule has 0 saturated carbocycles. The summed E-state index contributed by atoms with van der Waals surface area (Å²) in [6, 6.07) is 1.47. The molecule has 2 nitrogen and oxygen atoms in total. The third-order valence-electron chi connectivity index (χ3n) is 3.74. The molecule has 0 aliphatic carbocycles. The molecular weight excluding hydrogens is 196 g/mol. The van der Waals surface area contributed by atoms with Gasteiger partial charge in [0.25, 0.3) is 0 Å². The normalized spacial score (nSPS) is 24.2. The summed E-state index contributed by atoms with van der Waals surface area (Å²) in [4.78, 5) is 2.72. The van der Waals surface area contributed by atoms with E-state index in [9.17, 15) is 0 Å². The Morgan fingerprint density at radius 2 is 2.06 bits per heavy atom. The Bertz CT molecular complexity index is 180. The molecule has 0 spiro atoms. The van der Waals surface area contributed by atoms with Crippen LogP contribution in [0.25, 0.3) is 0 Å². The highest BCUT2D eigenvalue weighted by molar-refractivity contribution is 4.82. The van der Waals surface area contributed by atoms with Crippen LogP contribution in [-0.2, 0) is 0 Å². The van der Waals surface area contributed by atoms with Crippen molar-refractivity contribution in [2.45, 2.75) is 65.5 Å². The summed E-state index contributed by atoms with van der Waals surface area (Å²) in [5.41, 5.74) is 0. The molecule has 0 aromatic carbocycles. The van der Waals surface area contributed by atoms with Gasteiger partial charge in [-0.1, -0.05) is 34.1 Å². The van der Waals surface area contributed by atoms with E-state index in [0.29, 0.717) is 6.04 Å². The minimum atomic E-state index is 0.631. The topological polar surface area (TPSA) is 15.3 Å². The van der Waals surface area contributed by atoms with Crippen molar-refractivity contribution >= 4 is 0 Å². The second kappa shape index (κ2) is 7.29. The average molecular weight is 226 g/mol. The fourth-order valence-electron chi connectivity index (χ4n) is 2.74. The molecule has 1 saturated heterocycles. The molecule has 1 fully saturated rings. The number of hydrogen-bond donors (Lipinski definition) is 1. The molecule has 0 amide bonds. The fraction of sp³-hybridized carbons (Fsp3) is 1.00. The maximum absolute atomic E-state index is 3.57. The first-order valence-electron chi connectivity index (χ1n) is 7.14. The average Bonchev–Trinajstić information content (AvgIpc) is 2.71. The van der Waals surface area contributed by atoms with Gasteiger partial charge in [0, 0.05) is 18.6 Å². The number of rotatable bonds is 7. The summed E-state index contributed by atoms with van der Waals surface area (Å²) < 4.78 is 0. The van der Waals surface area contributed by atoms with E-state index in [2.05, 4.69) is 37.9 Å². The second-order valence-electron chi connectivity index (χ2n) is 5.56. The summed E-state index contributed by atoms with van der Waals surface area (Å²) in [7, 11) is 0. The van der Waals surface area contributed by atoms with Gasteiger partial charge in [-0.2, -0.15) is 0 Å². The van der Waals surface area contributed by atoms with Crippen molar-refractivity contribution in [3.05, 3.63) is 0 Å². The van der Waals surface area contributed by atoms with Crippen molar-refractivity contribution in [3.8, 4) is 0 Å². The van der Waals surface area contributed by atoms with Gasteiger partial charge in [-0.15, -0.1) is 0 Å². The predicted molar refractivity (Wildman–Crippen MR) is 71.8 cm³/mol. The first-order chi connectivity index (χ1) is 7.67. The first kappa shape index (κ1) is 14.0. The molecule has 1 aliphatic heterocycles. The first-order valence-corrected chi connectivity index (χ1v) is 7.14. The Labute approximate surface area is 102 Å². The van der Waals surface area contributed by atoms with Gasteiger partial charge in [0.1, 0.15) is 0 Å². The van der Waals surface area contributed by atoms with Crippen LogP contribution >= 0.6 is 0 Å². The van der Waals surface area contributed by atoms with Crippen LogP contribution in [0.2, 0.25) is 0 Å². The zero-order chi connectivity index (χ0) is 12.0. The number of likely N-dealkylation sites (tertiary alicyclic amines) is 1. The van der Waals surface area contributed by atoms with E-state index in [0.717, 1.165) is 12.0 Å². The van der Waals surface area contributed by atoms with E-state index < -0.39 is 0 Å². The molecule has 2 heteroatoms. The Kier molecular flexibility index (Phi) is 6.37. The summed E-state index contributed by atoms with van der Waals surface area (Å²) in [5.74, 6) is 0.883. The zero-order valence-electron chi connectivity index (χ0n) is 11.6. The molecule has 1 N–H and O–H groups in total. The van der Waals surface area contributed by atoms with Gasteiger partial charge < -0.3 is 10.2 Å². The van der Waals surface area contributed by atoms with Crippen LogP contribution in [0.3, 0.4) is 0 Å². The predicted octanol–water partition coefficient (Wildman–Crippen LogP) is 2.89. The summed E-state index contributed by atoms with van der Waals surface area (Å²) in [5, 5.41) is 3.57. The largest absolute Gasteiger partial charge is 0.314 e. The maximum Gasteiger partial charge on any atom is 0.00926 e. The van der Waals surface area contributed by atoms with Gasteiger partial charge in [-0.05, 0) is 38.3 Å². The van der Waals surface area contributed by atoms with Gasteiger partial charge in [-0.25, -0.2) is 0 Å². The minimum absolute atomic E-state index is 0.631. The van der Waals surface area contributed by atoms with Crippen LogP contribution in [0, 0.1) is 5.92 Å². The van der Waals surface area contributed by atoms with Crippen LogP contribution in [0.5, 0.6) is 0 Å². The lowest BCUT2D eigenvalue weighted by Crippen LogP contribution is -2.35. The quantitative estimate of drug-likeness (QED) is 0.718. The third-order valence-corrected chi connectivity index (χ3v) is 3.74. The Morgan fingerprint density at radius 3 is 2.62 bits per heavy atom. The standard InChI is InChI=1S/C14H30N2/c1-5-7-14(6-2)16-9-8-13(11-16)10-15-12(3)4/h12-15H,5-11H2,1-4H3. The number of nitrogens with one attached hydrogen (secondary N) is 1. The highest BCUT2D eigenvalue weighted by Gasteiger charge is 2.26. The molecule has 0 radical (unpaired) electrons. The molecule has 0 aromatic rings. The highest BCUT2D eigenvalue weighted by Crippen LogP contribution is 2.21. The van der Waals surface area contributed by atoms with E-state index in [1.165, 1.54) is 45.3 Å². The van der Waals surface area contributed by atoms with E-state index in [-0.39, 0.29) is 0 Å². The molecule has 2 unspecified atom stereocenters. The van der Waals surface area contributed by atoms with Gasteiger partial charge in [0.15, 0.2) is 0 Å². The Balaban J connectivity index is 2.27. The fourth-order valence-corrected chi connectivity index (χ4v) is 2.74. The van der Waals surface area contributed by atoms with Crippen LogP contribution in [0.15, 0.2) is 0 Å². The Hall–Kier alpha value is -0.0800. The smallest absolute Gasteiger partial charge is 0.00926 e. The summed E-state index contributed by atoms with van der Waals surface area (Å²) >= 11 is 0. The van der Waals surface area contributed by atoms with Crippen molar-refractivity contribution in [1.29, 1.82) is 0 Å². The molecule has 1 rings (SSSR count). The highest BCUT2D eigenvalue weighted by atomic mass is 15.2. The van der Waals surface area contributed by atoms with Gasteiger partial charge in [0.2, 0.25) is 0 Å². The van der Waals surface area contributed by atoms with Crippen LogP contribution in [0.4, 0.5) is 0 Å². The SMILES string of the molecule is CCCC(CC)N1CCC(CNC(C)C)C1. The van der Waals surface area contributed by atoms with E-state index >= 15 is 0 Å². The van der Waals surface area contributed by atoms with Crippen molar-refractivity contribution in [1.82, 2.24) is 10.2 Å². The van der Waals surface area contributed by atoms with Crippen LogP contribution in [-0.4, -0.2) is 36.6 Å². The zero-order valence-corrected chi connectivity index (χ0v) is 11.6. The number of hydrogen-bond acceptors (Lipinski definition) is 2. The van der Waals surface area contributed by atoms with Crippen molar-refractivity contribution in [3.63, 3.8) is 0 Å². The molecule has 96 valence electrons. The molecule has 1 aliphatic rings. The monoisotopic (exact) mass is 226 g/mol.